The fourth-order valence-electron chi connectivity index (χ4n) is 5.45. The van der Waals surface area contributed by atoms with Crippen LogP contribution < -0.4 is 15.0 Å². The molecule has 0 atom stereocenters. The number of ether oxygens (including phenoxy) is 2. The average Bonchev–Trinajstić information content (AvgIpc) is 3.45. The third-order valence-electron chi connectivity index (χ3n) is 9.28. The zero-order chi connectivity index (χ0) is 36.1. The maximum Gasteiger partial charge on any atom is 0.261 e. The van der Waals surface area contributed by atoms with Crippen LogP contribution in [0.25, 0.3) is 33.4 Å². The molecule has 5 aromatic rings. The fraction of sp³-hybridized carbons (Fsp3) is 0.359. The van der Waals surface area contributed by atoms with E-state index in [1.807, 2.05) is 26.0 Å². The molecule has 0 saturated heterocycles. The molecule has 0 spiro atoms. The summed E-state index contributed by atoms with van der Waals surface area (Å²) in [7, 11) is -0.257. The van der Waals surface area contributed by atoms with Crippen LogP contribution in [0.5, 0.6) is 17.2 Å². The highest BCUT2D eigenvalue weighted by Gasteiger charge is 2.37. The van der Waals surface area contributed by atoms with Gasteiger partial charge in [0.15, 0.2) is 19.9 Å². The monoisotopic (exact) mass is 689 g/mol. The lowest BCUT2D eigenvalue weighted by atomic mass is 9.93. The van der Waals surface area contributed by atoms with Gasteiger partial charge in [-0.15, -0.1) is 0 Å². The fourth-order valence-corrected chi connectivity index (χ4v) is 6.48. The lowest BCUT2D eigenvalue weighted by Crippen LogP contribution is -2.41. The second-order valence-corrected chi connectivity index (χ2v) is 19.5. The van der Waals surface area contributed by atoms with E-state index < -0.39 is 25.6 Å². The normalized spacial score (nSPS) is 12.5. The molecule has 0 amide bonds. The third kappa shape index (κ3) is 7.51. The van der Waals surface area contributed by atoms with Gasteiger partial charge in [0.2, 0.25) is 0 Å². The molecule has 2 aromatic heterocycles. The molecule has 7 nitrogen and oxygen atoms in total. The smallest absolute Gasteiger partial charge is 0.261 e. The second-order valence-electron chi connectivity index (χ2n) is 14.7. The lowest BCUT2D eigenvalue weighted by molar-refractivity contribution is 0.0786. The number of aliphatic hydroxyl groups is 1. The predicted molar refractivity (Wildman–Crippen MR) is 192 cm³/mol. The van der Waals surface area contributed by atoms with Crippen LogP contribution in [0, 0.1) is 25.5 Å². The Balaban J connectivity index is 1.55. The average molecular weight is 690 g/mol. The molecule has 49 heavy (non-hydrogen) atoms. The largest absolute Gasteiger partial charge is 0.491 e. The van der Waals surface area contributed by atoms with Gasteiger partial charge < -0.3 is 28.0 Å². The van der Waals surface area contributed by atoms with Gasteiger partial charge in [-0.25, -0.2) is 8.78 Å². The number of aryl methyl sites for hydroxylation is 3. The maximum absolute atomic E-state index is 14.7. The van der Waals surface area contributed by atoms with E-state index in [9.17, 15) is 18.7 Å². The van der Waals surface area contributed by atoms with E-state index in [1.165, 1.54) is 10.6 Å². The Labute approximate surface area is 287 Å². The topological polar surface area (TPSA) is 83.1 Å². The Bertz CT molecular complexity index is 2060. The van der Waals surface area contributed by atoms with Crippen molar-refractivity contribution in [3.63, 3.8) is 0 Å². The van der Waals surface area contributed by atoms with E-state index in [4.69, 9.17) is 18.3 Å². The minimum atomic E-state index is -1.89. The molecule has 0 aliphatic carbocycles. The van der Waals surface area contributed by atoms with Gasteiger partial charge >= 0.3 is 0 Å². The van der Waals surface area contributed by atoms with Crippen LogP contribution in [0.15, 0.2) is 70.0 Å². The highest BCUT2D eigenvalue weighted by atomic mass is 28.4. The molecule has 0 unspecified atom stereocenters. The molecule has 1 N–H and O–H groups in total. The number of aromatic nitrogens is 1. The van der Waals surface area contributed by atoms with Crippen LogP contribution in [0.4, 0.5) is 8.78 Å². The van der Waals surface area contributed by atoms with Crippen molar-refractivity contribution < 1.29 is 32.2 Å². The van der Waals surface area contributed by atoms with Gasteiger partial charge in [-0.2, -0.15) is 0 Å². The first kappa shape index (κ1) is 36.0. The van der Waals surface area contributed by atoms with Gasteiger partial charge in [0.1, 0.15) is 35.3 Å². The first-order chi connectivity index (χ1) is 22.8. The number of halogens is 2. The number of pyridine rings is 1. The van der Waals surface area contributed by atoms with Crippen molar-refractivity contribution in [1.29, 1.82) is 0 Å². The summed E-state index contributed by atoms with van der Waals surface area (Å²) in [5, 5.41) is 11.3. The molecule has 0 fully saturated rings. The summed E-state index contributed by atoms with van der Waals surface area (Å²) in [6.07, 6.45) is 1.62. The van der Waals surface area contributed by atoms with Crippen molar-refractivity contribution in [2.24, 2.45) is 7.05 Å². The van der Waals surface area contributed by atoms with Gasteiger partial charge in [-0.1, -0.05) is 26.8 Å². The molecule has 5 rings (SSSR count). The Morgan fingerprint density at radius 1 is 0.878 bits per heavy atom. The van der Waals surface area contributed by atoms with Crippen molar-refractivity contribution in [3.8, 4) is 39.7 Å². The molecular formula is C39H45F2NO6Si. The number of rotatable bonds is 10. The van der Waals surface area contributed by atoms with Crippen LogP contribution in [0.3, 0.4) is 0 Å². The molecule has 10 heteroatoms. The van der Waals surface area contributed by atoms with Crippen LogP contribution in [0.2, 0.25) is 18.1 Å². The molecule has 260 valence electrons. The minimum absolute atomic E-state index is 0.112. The quantitative estimate of drug-likeness (QED) is 0.116. The summed E-state index contributed by atoms with van der Waals surface area (Å²) in [6.45, 7) is 19.2. The number of fused-ring (bicyclic) bond motifs is 1. The highest BCUT2D eigenvalue weighted by molar-refractivity contribution is 6.74. The Morgan fingerprint density at radius 2 is 1.53 bits per heavy atom. The summed E-state index contributed by atoms with van der Waals surface area (Å²) in [6, 6.07) is 13.7. The first-order valence-corrected chi connectivity index (χ1v) is 19.2. The molecule has 0 aliphatic heterocycles. The minimum Gasteiger partial charge on any atom is -0.491 e. The van der Waals surface area contributed by atoms with Crippen LogP contribution in [-0.4, -0.2) is 31.2 Å². The molecule has 2 heterocycles. The Kier molecular flexibility index (Phi) is 9.73. The summed E-state index contributed by atoms with van der Waals surface area (Å²) >= 11 is 0. The molecule has 0 radical (unpaired) electrons. The number of furan rings is 1. The van der Waals surface area contributed by atoms with Crippen LogP contribution in [-0.2, 0) is 17.1 Å². The zero-order valence-corrected chi connectivity index (χ0v) is 30.9. The molecule has 0 bridgehead atoms. The number of hydrogen-bond donors (Lipinski definition) is 1. The van der Waals surface area contributed by atoms with Gasteiger partial charge in [0.05, 0.1) is 17.6 Å². The van der Waals surface area contributed by atoms with Crippen molar-refractivity contribution >= 4 is 19.3 Å². The van der Waals surface area contributed by atoms with Crippen LogP contribution in [0.1, 0.15) is 51.3 Å². The molecule has 0 saturated carbocycles. The number of benzene rings is 3. The second kappa shape index (κ2) is 13.2. The van der Waals surface area contributed by atoms with E-state index in [1.54, 1.807) is 51.4 Å². The zero-order valence-electron chi connectivity index (χ0n) is 29.9. The van der Waals surface area contributed by atoms with Gasteiger partial charge in [-0.05, 0) is 105 Å². The van der Waals surface area contributed by atoms with Crippen LogP contribution >= 0.6 is 0 Å². The van der Waals surface area contributed by atoms with Crippen molar-refractivity contribution in [2.45, 2.75) is 72.2 Å². The molecule has 3 aromatic carbocycles. The third-order valence-corrected chi connectivity index (χ3v) is 13.8. The van der Waals surface area contributed by atoms with Gasteiger partial charge in [0, 0.05) is 36.0 Å². The molecular weight excluding hydrogens is 645 g/mol. The van der Waals surface area contributed by atoms with Crippen molar-refractivity contribution in [1.82, 2.24) is 4.57 Å². The van der Waals surface area contributed by atoms with E-state index in [-0.39, 0.29) is 22.1 Å². The SMILES string of the molecule is Cc1cc(-c2cc3c(=O)n(C)cc(-c4cc(C(C)(C)O)ccc4Oc4ccc(F)cc4F)c3o2)cc(C)c1OCCO[Si](C)(C)C(C)(C)C. The Hall–Kier alpha value is -4.25. The summed E-state index contributed by atoms with van der Waals surface area (Å²) in [4.78, 5) is 13.4. The lowest BCUT2D eigenvalue weighted by Gasteiger charge is -2.36. The van der Waals surface area contributed by atoms with Crippen molar-refractivity contribution in [2.75, 3.05) is 13.2 Å². The summed E-state index contributed by atoms with van der Waals surface area (Å²) in [5.41, 5.74) is 2.88. The molecule has 0 aliphatic rings. The standard InChI is InChI=1S/C39H45F2NO6Si/c1-23-17-25(18-24(2)35(23)45-15-16-46-49(9,10)38(3,4)5)34-21-29-36(48-34)30(22-42(8)37(29)43)28-19-26(39(6,7)44)11-13-32(28)47-33-14-12-27(40)20-31(33)41/h11-14,17-22,44H,15-16H2,1-10H3. The van der Waals surface area contributed by atoms with Gasteiger partial charge in [-0.3, -0.25) is 4.79 Å². The van der Waals surface area contributed by atoms with E-state index in [0.29, 0.717) is 46.6 Å². The van der Waals surface area contributed by atoms with E-state index in [2.05, 4.69) is 33.9 Å². The number of hydrogen-bond acceptors (Lipinski definition) is 6. The highest BCUT2D eigenvalue weighted by Crippen LogP contribution is 2.42. The summed E-state index contributed by atoms with van der Waals surface area (Å²) < 4.78 is 54.7. The first-order valence-electron chi connectivity index (χ1n) is 16.3. The summed E-state index contributed by atoms with van der Waals surface area (Å²) in [5.74, 6) is -0.310. The maximum atomic E-state index is 14.7. The van der Waals surface area contributed by atoms with E-state index in [0.717, 1.165) is 34.6 Å². The predicted octanol–water partition coefficient (Wildman–Crippen LogP) is 9.78. The van der Waals surface area contributed by atoms with E-state index >= 15 is 0 Å². The van der Waals surface area contributed by atoms with Gasteiger partial charge in [0.25, 0.3) is 5.56 Å². The Morgan fingerprint density at radius 3 is 2.14 bits per heavy atom. The van der Waals surface area contributed by atoms with Crippen molar-refractivity contribution in [3.05, 3.63) is 99.5 Å². The number of nitrogens with zero attached hydrogens (tertiary/aromatic N) is 1.